The van der Waals surface area contributed by atoms with Crippen LogP contribution in [-0.2, 0) is 6.54 Å². The minimum atomic E-state index is -0.936. The number of pyridine rings is 1. The van der Waals surface area contributed by atoms with Crippen LogP contribution in [0.4, 0.5) is 13.2 Å². The summed E-state index contributed by atoms with van der Waals surface area (Å²) >= 11 is 0. The number of methoxy groups -OCH3 is 1. The first-order valence-corrected chi connectivity index (χ1v) is 11.6. The number of aromatic nitrogens is 1. The summed E-state index contributed by atoms with van der Waals surface area (Å²) in [5.41, 5.74) is 1.32. The SMILES string of the molecule is C=CC1C[N+]2(Cc3c(F)cc(F)cc3F)CCC1CC2C(O)c1ccnc2ccc(OC)cc12. The van der Waals surface area contributed by atoms with Crippen molar-refractivity contribution >= 4 is 10.9 Å². The summed E-state index contributed by atoms with van der Waals surface area (Å²) in [5.74, 6) is -1.51. The van der Waals surface area contributed by atoms with Gasteiger partial charge in [0.2, 0.25) is 0 Å². The number of aliphatic hydroxyl groups excluding tert-OH is 1. The number of halogens is 3. The maximum Gasteiger partial charge on any atom is 0.137 e. The van der Waals surface area contributed by atoms with Gasteiger partial charge in [0.25, 0.3) is 0 Å². The Morgan fingerprint density at radius 3 is 2.68 bits per heavy atom. The molecule has 3 fully saturated rings. The number of aliphatic hydroxyl groups is 1. The highest BCUT2D eigenvalue weighted by atomic mass is 19.1. The van der Waals surface area contributed by atoms with Gasteiger partial charge in [-0.1, -0.05) is 6.08 Å². The molecule has 4 heterocycles. The van der Waals surface area contributed by atoms with Crippen LogP contribution >= 0.6 is 0 Å². The van der Waals surface area contributed by atoms with Crippen molar-refractivity contribution in [3.8, 4) is 5.75 Å². The van der Waals surface area contributed by atoms with E-state index in [0.29, 0.717) is 41.2 Å². The highest BCUT2D eigenvalue weighted by Crippen LogP contribution is 2.48. The van der Waals surface area contributed by atoms with Gasteiger partial charge in [-0.2, -0.15) is 0 Å². The lowest BCUT2D eigenvalue weighted by Gasteiger charge is -2.58. The van der Waals surface area contributed by atoms with Crippen LogP contribution in [0.3, 0.4) is 0 Å². The van der Waals surface area contributed by atoms with Gasteiger partial charge in [0.05, 0.1) is 31.3 Å². The molecule has 0 aliphatic carbocycles. The summed E-state index contributed by atoms with van der Waals surface area (Å²) in [7, 11) is 1.58. The molecule has 5 atom stereocenters. The molecule has 1 aromatic heterocycles. The number of fused-ring (bicyclic) bond motifs is 4. The maximum absolute atomic E-state index is 14.7. The molecule has 3 aliphatic heterocycles. The maximum atomic E-state index is 14.7. The van der Waals surface area contributed by atoms with Gasteiger partial charge in [-0.15, -0.1) is 6.58 Å². The number of hydrogen-bond acceptors (Lipinski definition) is 3. The van der Waals surface area contributed by atoms with E-state index in [2.05, 4.69) is 11.6 Å². The topological polar surface area (TPSA) is 42.4 Å². The number of ether oxygens (including phenoxy) is 1. The van der Waals surface area contributed by atoms with E-state index in [1.165, 1.54) is 0 Å². The monoisotopic (exact) mass is 469 g/mol. The average Bonchev–Trinajstić information content (AvgIpc) is 2.85. The highest BCUT2D eigenvalue weighted by molar-refractivity contribution is 5.83. The van der Waals surface area contributed by atoms with Crippen molar-refractivity contribution in [3.05, 3.63) is 83.8 Å². The van der Waals surface area contributed by atoms with Crippen LogP contribution < -0.4 is 4.74 Å². The zero-order valence-corrected chi connectivity index (χ0v) is 19.1. The van der Waals surface area contributed by atoms with E-state index in [-0.39, 0.29) is 24.1 Å². The Labute approximate surface area is 196 Å². The molecule has 3 aliphatic rings. The van der Waals surface area contributed by atoms with Gasteiger partial charge in [-0.05, 0) is 35.7 Å². The van der Waals surface area contributed by atoms with Crippen LogP contribution in [0.2, 0.25) is 0 Å². The molecule has 1 N–H and O–H groups in total. The Bertz CT molecular complexity index is 1230. The fourth-order valence-corrected chi connectivity index (χ4v) is 6.16. The van der Waals surface area contributed by atoms with E-state index in [1.807, 2.05) is 24.3 Å². The summed E-state index contributed by atoms with van der Waals surface area (Å²) in [5, 5.41) is 12.5. The van der Waals surface area contributed by atoms with E-state index < -0.39 is 23.6 Å². The third-order valence-electron chi connectivity index (χ3n) is 7.92. The fourth-order valence-electron chi connectivity index (χ4n) is 6.16. The van der Waals surface area contributed by atoms with Crippen molar-refractivity contribution in [1.82, 2.24) is 4.98 Å². The average molecular weight is 470 g/mol. The standard InChI is InChI=1S/C27H28F3N2O2/c1-3-16-14-32(15-22-23(29)11-18(28)12-24(22)30)9-7-17(16)10-26(32)27(33)20-6-8-31-25-5-4-19(34-2)13-21(20)25/h3-6,8,11-13,16-17,26-27,33H,1,7,9-10,14-15H2,2H3/q+1. The van der Waals surface area contributed by atoms with Gasteiger partial charge in [0.1, 0.15) is 41.9 Å². The second-order valence-corrected chi connectivity index (χ2v) is 9.61. The molecular weight excluding hydrogens is 441 g/mol. The molecule has 7 heteroatoms. The molecule has 2 bridgehead atoms. The van der Waals surface area contributed by atoms with Crippen LogP contribution in [0, 0.1) is 29.3 Å². The van der Waals surface area contributed by atoms with Crippen LogP contribution in [0.5, 0.6) is 5.75 Å². The second-order valence-electron chi connectivity index (χ2n) is 9.61. The smallest absolute Gasteiger partial charge is 0.137 e. The van der Waals surface area contributed by atoms with Crippen molar-refractivity contribution in [3.63, 3.8) is 0 Å². The van der Waals surface area contributed by atoms with E-state index in [4.69, 9.17) is 4.74 Å². The normalized spacial score (nSPS) is 27.0. The van der Waals surface area contributed by atoms with E-state index in [0.717, 1.165) is 29.5 Å². The van der Waals surface area contributed by atoms with Gasteiger partial charge in [0, 0.05) is 42.5 Å². The molecule has 6 rings (SSSR count). The lowest BCUT2D eigenvalue weighted by molar-refractivity contribution is -0.985. The van der Waals surface area contributed by atoms with Crippen molar-refractivity contribution < 1.29 is 27.5 Å². The highest BCUT2D eigenvalue weighted by Gasteiger charge is 2.54. The molecule has 0 spiro atoms. The first-order valence-electron chi connectivity index (χ1n) is 11.6. The van der Waals surface area contributed by atoms with Crippen molar-refractivity contribution in [2.45, 2.75) is 31.5 Å². The first-order chi connectivity index (χ1) is 16.3. The van der Waals surface area contributed by atoms with Gasteiger partial charge >= 0.3 is 0 Å². The molecule has 5 unspecified atom stereocenters. The minimum Gasteiger partial charge on any atom is -0.497 e. The molecule has 3 saturated heterocycles. The molecule has 34 heavy (non-hydrogen) atoms. The Balaban J connectivity index is 1.59. The van der Waals surface area contributed by atoms with Crippen LogP contribution in [0.25, 0.3) is 10.9 Å². The van der Waals surface area contributed by atoms with Gasteiger partial charge in [0.15, 0.2) is 0 Å². The molecule has 0 saturated carbocycles. The van der Waals surface area contributed by atoms with E-state index in [9.17, 15) is 18.3 Å². The third-order valence-corrected chi connectivity index (χ3v) is 7.92. The van der Waals surface area contributed by atoms with Crippen LogP contribution in [0.15, 0.2) is 55.3 Å². The van der Waals surface area contributed by atoms with Gasteiger partial charge in [-0.3, -0.25) is 4.98 Å². The molecule has 0 radical (unpaired) electrons. The summed E-state index contributed by atoms with van der Waals surface area (Å²) in [6, 6.07) is 8.50. The molecule has 3 aromatic rings. The first kappa shape index (κ1) is 22.9. The van der Waals surface area contributed by atoms with Crippen LogP contribution in [-0.4, -0.2) is 40.8 Å². The zero-order valence-electron chi connectivity index (χ0n) is 19.1. The Morgan fingerprint density at radius 2 is 1.97 bits per heavy atom. The molecule has 0 amide bonds. The summed E-state index contributed by atoms with van der Waals surface area (Å²) in [6.07, 6.45) is 4.30. The quantitative estimate of drug-likeness (QED) is 0.393. The van der Waals surface area contributed by atoms with Crippen LogP contribution in [0.1, 0.15) is 30.1 Å². The number of quaternary nitrogens is 1. The molecule has 2 aromatic carbocycles. The number of piperidine rings is 3. The largest absolute Gasteiger partial charge is 0.497 e. The van der Waals surface area contributed by atoms with Gasteiger partial charge in [-0.25, -0.2) is 13.2 Å². The van der Waals surface area contributed by atoms with E-state index in [1.54, 1.807) is 19.4 Å². The lowest BCUT2D eigenvalue weighted by atomic mass is 9.71. The summed E-state index contributed by atoms with van der Waals surface area (Å²) in [4.78, 5) is 4.41. The van der Waals surface area contributed by atoms with Crippen molar-refractivity contribution in [2.75, 3.05) is 20.2 Å². The third kappa shape index (κ3) is 3.77. The number of nitrogens with zero attached hydrogens (tertiary/aromatic N) is 2. The summed E-state index contributed by atoms with van der Waals surface area (Å²) in [6.45, 7) is 5.33. The van der Waals surface area contributed by atoms with Crippen molar-refractivity contribution in [2.24, 2.45) is 11.8 Å². The Hall–Kier alpha value is -2.90. The molecular formula is C27H28F3N2O2+. The molecule has 4 nitrogen and oxygen atoms in total. The minimum absolute atomic E-state index is 0.0447. The lowest BCUT2D eigenvalue weighted by Crippen LogP contribution is -2.67. The number of hydrogen-bond donors (Lipinski definition) is 1. The fraction of sp³-hybridized carbons (Fsp3) is 0.370. The zero-order chi connectivity index (χ0) is 24.0. The number of rotatable bonds is 6. The second kappa shape index (κ2) is 8.71. The predicted octanol–water partition coefficient (Wildman–Crippen LogP) is 5.31. The summed E-state index contributed by atoms with van der Waals surface area (Å²) < 4.78 is 48.7. The molecule has 178 valence electrons. The Kier molecular flexibility index (Phi) is 5.86. The Morgan fingerprint density at radius 1 is 1.21 bits per heavy atom. The number of benzene rings is 2. The predicted molar refractivity (Wildman–Crippen MR) is 123 cm³/mol. The van der Waals surface area contributed by atoms with Crippen molar-refractivity contribution in [1.29, 1.82) is 0 Å². The van der Waals surface area contributed by atoms with Gasteiger partial charge < -0.3 is 14.3 Å². The van der Waals surface area contributed by atoms with E-state index >= 15 is 0 Å².